The Labute approximate surface area is 139 Å². The van der Waals surface area contributed by atoms with Crippen molar-refractivity contribution in [2.45, 2.75) is 32.4 Å². The molecule has 2 N–H and O–H groups in total. The summed E-state index contributed by atoms with van der Waals surface area (Å²) < 4.78 is 14.5. The molecule has 0 bridgehead atoms. The van der Waals surface area contributed by atoms with Crippen molar-refractivity contribution in [2.24, 2.45) is 5.73 Å². The predicted octanol–water partition coefficient (Wildman–Crippen LogP) is 3.65. The van der Waals surface area contributed by atoms with Gasteiger partial charge in [-0.3, -0.25) is 4.79 Å². The van der Waals surface area contributed by atoms with Gasteiger partial charge < -0.3 is 10.6 Å². The van der Waals surface area contributed by atoms with Crippen LogP contribution in [0.25, 0.3) is 0 Å². The molecule has 0 aromatic heterocycles. The van der Waals surface area contributed by atoms with Crippen LogP contribution in [0.1, 0.15) is 25.3 Å². The highest BCUT2D eigenvalue weighted by Crippen LogP contribution is 2.18. The first-order chi connectivity index (χ1) is 9.49. The molecule has 1 aromatic carbocycles. The molecule has 0 radical (unpaired) electrons. The van der Waals surface area contributed by atoms with E-state index >= 15 is 0 Å². The molecule has 0 fully saturated rings. The number of carbonyl (C=O) groups is 1. The highest BCUT2D eigenvalue weighted by atomic mass is 79.9. The molecule has 0 saturated carbocycles. The second-order valence-corrected chi connectivity index (χ2v) is 5.55. The van der Waals surface area contributed by atoms with Crippen molar-refractivity contribution in [3.8, 4) is 0 Å². The molecule has 3 nitrogen and oxygen atoms in total. The standard InChI is InChI=1S/C15H20BrFN2O.ClH/c1-3-5-14(18)15(20)19(8-4-2)10-11-9-12(16)6-7-13(11)17;/h4,6-7,9,14H,2-3,5,8,10,18H2,1H3;1H. The van der Waals surface area contributed by atoms with Gasteiger partial charge in [0, 0.05) is 23.1 Å². The number of hydrogen-bond donors (Lipinski definition) is 1. The molecule has 6 heteroatoms. The van der Waals surface area contributed by atoms with Crippen molar-refractivity contribution in [1.82, 2.24) is 4.90 Å². The van der Waals surface area contributed by atoms with Crippen LogP contribution in [0.4, 0.5) is 4.39 Å². The van der Waals surface area contributed by atoms with Gasteiger partial charge in [0.1, 0.15) is 5.82 Å². The average Bonchev–Trinajstić information content (AvgIpc) is 2.41. The highest BCUT2D eigenvalue weighted by molar-refractivity contribution is 9.10. The summed E-state index contributed by atoms with van der Waals surface area (Å²) in [6.45, 7) is 6.14. The van der Waals surface area contributed by atoms with Crippen molar-refractivity contribution in [2.75, 3.05) is 6.54 Å². The molecule has 21 heavy (non-hydrogen) atoms. The fourth-order valence-corrected chi connectivity index (χ4v) is 2.34. The Balaban J connectivity index is 0.00000400. The predicted molar refractivity (Wildman–Crippen MR) is 89.8 cm³/mol. The molecule has 0 spiro atoms. The smallest absolute Gasteiger partial charge is 0.240 e. The van der Waals surface area contributed by atoms with Crippen LogP contribution >= 0.6 is 28.3 Å². The van der Waals surface area contributed by atoms with E-state index in [9.17, 15) is 9.18 Å². The van der Waals surface area contributed by atoms with Gasteiger partial charge in [-0.1, -0.05) is 35.4 Å². The molecule has 0 heterocycles. The fraction of sp³-hybridized carbons (Fsp3) is 0.400. The molecule has 0 aliphatic heterocycles. The lowest BCUT2D eigenvalue weighted by atomic mass is 10.1. The lowest BCUT2D eigenvalue weighted by molar-refractivity contribution is -0.132. The number of rotatable bonds is 7. The summed E-state index contributed by atoms with van der Waals surface area (Å²) in [6, 6.07) is 4.13. The second-order valence-electron chi connectivity index (χ2n) is 4.64. The van der Waals surface area contributed by atoms with E-state index < -0.39 is 6.04 Å². The molecular weight excluding hydrogens is 359 g/mol. The summed E-state index contributed by atoms with van der Waals surface area (Å²) in [7, 11) is 0. The Bertz CT molecular complexity index is 485. The maximum Gasteiger partial charge on any atom is 0.240 e. The molecule has 0 aliphatic carbocycles. The topological polar surface area (TPSA) is 46.3 Å². The Morgan fingerprint density at radius 1 is 1.57 bits per heavy atom. The molecule has 1 unspecified atom stereocenters. The third-order valence-corrected chi connectivity index (χ3v) is 3.44. The summed E-state index contributed by atoms with van der Waals surface area (Å²) in [5.74, 6) is -0.509. The third kappa shape index (κ3) is 6.16. The molecule has 1 amide bonds. The van der Waals surface area contributed by atoms with E-state index in [1.54, 1.807) is 18.2 Å². The molecule has 1 atom stereocenters. The SMILES string of the molecule is C=CCN(Cc1cc(Br)ccc1F)C(=O)C(N)CCC.Cl. The van der Waals surface area contributed by atoms with Crippen LogP contribution in [0.3, 0.4) is 0 Å². The van der Waals surface area contributed by atoms with E-state index in [0.717, 1.165) is 10.9 Å². The van der Waals surface area contributed by atoms with Gasteiger partial charge in [-0.2, -0.15) is 0 Å². The quantitative estimate of drug-likeness (QED) is 0.735. The van der Waals surface area contributed by atoms with Gasteiger partial charge in [0.2, 0.25) is 5.91 Å². The van der Waals surface area contributed by atoms with Gasteiger partial charge in [0.15, 0.2) is 0 Å². The monoisotopic (exact) mass is 378 g/mol. The normalized spacial score (nSPS) is 11.4. The summed E-state index contributed by atoms with van der Waals surface area (Å²) in [5.41, 5.74) is 6.31. The minimum Gasteiger partial charge on any atom is -0.333 e. The second kappa shape index (κ2) is 9.92. The van der Waals surface area contributed by atoms with Crippen LogP contribution in [-0.2, 0) is 11.3 Å². The van der Waals surface area contributed by atoms with E-state index in [0.29, 0.717) is 18.5 Å². The number of halogens is 3. The van der Waals surface area contributed by atoms with E-state index in [4.69, 9.17) is 5.73 Å². The lowest BCUT2D eigenvalue weighted by Crippen LogP contribution is -2.43. The van der Waals surface area contributed by atoms with Gasteiger partial charge in [-0.05, 0) is 24.6 Å². The van der Waals surface area contributed by atoms with Crippen LogP contribution in [0, 0.1) is 5.82 Å². The number of carbonyl (C=O) groups excluding carboxylic acids is 1. The van der Waals surface area contributed by atoms with Crippen LogP contribution in [-0.4, -0.2) is 23.4 Å². The molecule has 1 aromatic rings. The van der Waals surface area contributed by atoms with E-state index in [1.165, 1.54) is 11.0 Å². The third-order valence-electron chi connectivity index (χ3n) is 2.95. The van der Waals surface area contributed by atoms with Crippen LogP contribution < -0.4 is 5.73 Å². The average molecular weight is 380 g/mol. The summed E-state index contributed by atoms with van der Waals surface area (Å²) in [5, 5.41) is 0. The number of hydrogen-bond acceptors (Lipinski definition) is 2. The van der Waals surface area contributed by atoms with E-state index in [2.05, 4.69) is 22.5 Å². The van der Waals surface area contributed by atoms with E-state index in [-0.39, 0.29) is 30.7 Å². The molecule has 0 aliphatic rings. The minimum atomic E-state index is -0.546. The Morgan fingerprint density at radius 3 is 2.81 bits per heavy atom. The minimum absolute atomic E-state index is 0. The molecule has 1 rings (SSSR count). The largest absolute Gasteiger partial charge is 0.333 e. The zero-order valence-electron chi connectivity index (χ0n) is 12.0. The van der Waals surface area contributed by atoms with Gasteiger partial charge in [-0.25, -0.2) is 4.39 Å². The van der Waals surface area contributed by atoms with Crippen LogP contribution in [0.5, 0.6) is 0 Å². The molecule has 118 valence electrons. The Morgan fingerprint density at radius 2 is 2.24 bits per heavy atom. The Kier molecular flexibility index (Phi) is 9.49. The van der Waals surface area contributed by atoms with Crippen molar-refractivity contribution in [1.29, 1.82) is 0 Å². The number of benzene rings is 1. The summed E-state index contributed by atoms with van der Waals surface area (Å²) >= 11 is 3.30. The van der Waals surface area contributed by atoms with Crippen molar-refractivity contribution in [3.63, 3.8) is 0 Å². The zero-order valence-corrected chi connectivity index (χ0v) is 14.4. The first kappa shape index (κ1) is 20.1. The van der Waals surface area contributed by atoms with Gasteiger partial charge in [-0.15, -0.1) is 19.0 Å². The number of amides is 1. The highest BCUT2D eigenvalue weighted by Gasteiger charge is 2.20. The number of nitrogens with zero attached hydrogens (tertiary/aromatic N) is 1. The lowest BCUT2D eigenvalue weighted by Gasteiger charge is -2.24. The van der Waals surface area contributed by atoms with E-state index in [1.807, 2.05) is 6.92 Å². The maximum absolute atomic E-state index is 13.8. The van der Waals surface area contributed by atoms with Crippen LogP contribution in [0.2, 0.25) is 0 Å². The summed E-state index contributed by atoms with van der Waals surface area (Å²) in [6.07, 6.45) is 3.07. The van der Waals surface area contributed by atoms with Gasteiger partial charge in [0.25, 0.3) is 0 Å². The Hall–Kier alpha value is -0.910. The maximum atomic E-state index is 13.8. The molecule has 0 saturated heterocycles. The van der Waals surface area contributed by atoms with Gasteiger partial charge in [0.05, 0.1) is 6.04 Å². The first-order valence-corrected chi connectivity index (χ1v) is 7.38. The first-order valence-electron chi connectivity index (χ1n) is 6.58. The van der Waals surface area contributed by atoms with Crippen molar-refractivity contribution < 1.29 is 9.18 Å². The van der Waals surface area contributed by atoms with Crippen molar-refractivity contribution in [3.05, 3.63) is 46.7 Å². The van der Waals surface area contributed by atoms with Crippen LogP contribution in [0.15, 0.2) is 35.3 Å². The fourth-order valence-electron chi connectivity index (χ4n) is 1.93. The zero-order chi connectivity index (χ0) is 15.1. The number of nitrogens with two attached hydrogens (primary N) is 1. The van der Waals surface area contributed by atoms with Gasteiger partial charge >= 0.3 is 0 Å². The van der Waals surface area contributed by atoms with Crippen molar-refractivity contribution >= 4 is 34.2 Å². The summed E-state index contributed by atoms with van der Waals surface area (Å²) in [4.78, 5) is 13.8. The molecular formula is C15H21BrClFN2O.